The first-order chi connectivity index (χ1) is 7.10. The van der Waals surface area contributed by atoms with Crippen LogP contribution in [0, 0.1) is 0 Å². The van der Waals surface area contributed by atoms with Gasteiger partial charge in [-0.05, 0) is 18.6 Å². The van der Waals surface area contributed by atoms with Crippen molar-refractivity contribution in [3.05, 3.63) is 22.2 Å². The van der Waals surface area contributed by atoms with Crippen molar-refractivity contribution in [3.63, 3.8) is 0 Å². The zero-order valence-corrected chi connectivity index (χ0v) is 10.5. The molecule has 4 heteroatoms. The quantitative estimate of drug-likeness (QED) is 0.887. The first-order valence-electron chi connectivity index (χ1n) is 4.92. The monoisotopic (exact) mass is 273 g/mol. The van der Waals surface area contributed by atoms with E-state index < -0.39 is 0 Å². The Kier molecular flexibility index (Phi) is 4.42. The Bertz CT molecular complexity index is 342. The number of aromatic hydroxyl groups is 1. The lowest BCUT2D eigenvalue weighted by Gasteiger charge is -2.15. The number of methoxy groups -OCH3 is 1. The van der Waals surface area contributed by atoms with E-state index in [1.807, 2.05) is 6.07 Å². The number of phenolic OH excluding ortho intramolecular Hbond substituents is 1. The minimum Gasteiger partial charge on any atom is -0.504 e. The van der Waals surface area contributed by atoms with Gasteiger partial charge in [0.1, 0.15) is 0 Å². The zero-order chi connectivity index (χ0) is 11.4. The number of hydrogen-bond donors (Lipinski definition) is 2. The van der Waals surface area contributed by atoms with Crippen molar-refractivity contribution in [2.24, 2.45) is 5.73 Å². The molecule has 0 spiro atoms. The fraction of sp³-hybridized carbons (Fsp3) is 0.455. The van der Waals surface area contributed by atoms with E-state index in [0.717, 1.165) is 22.9 Å². The molecule has 0 saturated carbocycles. The molecule has 0 bridgehead atoms. The van der Waals surface area contributed by atoms with E-state index in [1.54, 1.807) is 6.07 Å². The smallest absolute Gasteiger partial charge is 0.162 e. The number of hydrogen-bond acceptors (Lipinski definition) is 3. The molecule has 15 heavy (non-hydrogen) atoms. The van der Waals surface area contributed by atoms with Crippen LogP contribution in [0.1, 0.15) is 31.4 Å². The summed E-state index contributed by atoms with van der Waals surface area (Å²) < 4.78 is 5.92. The topological polar surface area (TPSA) is 55.5 Å². The minimum atomic E-state index is -0.151. The van der Waals surface area contributed by atoms with Gasteiger partial charge in [-0.2, -0.15) is 0 Å². The Morgan fingerprint density at radius 2 is 2.20 bits per heavy atom. The van der Waals surface area contributed by atoms with Gasteiger partial charge in [0, 0.05) is 16.1 Å². The molecule has 3 nitrogen and oxygen atoms in total. The Balaban J connectivity index is 3.11. The SMILES string of the molecule is CCCC(N)c1cc(Br)cc(OC)c1O. The van der Waals surface area contributed by atoms with Crippen LogP contribution in [0.2, 0.25) is 0 Å². The summed E-state index contributed by atoms with van der Waals surface area (Å²) in [5, 5.41) is 9.88. The molecule has 0 aliphatic carbocycles. The van der Waals surface area contributed by atoms with Crippen LogP contribution in [-0.2, 0) is 0 Å². The van der Waals surface area contributed by atoms with E-state index in [9.17, 15) is 5.11 Å². The summed E-state index contributed by atoms with van der Waals surface area (Å²) in [6.45, 7) is 2.06. The standard InChI is InChI=1S/C11H16BrNO2/c1-3-4-9(13)8-5-7(12)6-10(15-2)11(8)14/h5-6,9,14H,3-4,13H2,1-2H3. The fourth-order valence-electron chi connectivity index (χ4n) is 1.50. The second-order valence-electron chi connectivity index (χ2n) is 3.44. The molecule has 1 aromatic carbocycles. The zero-order valence-electron chi connectivity index (χ0n) is 8.96. The third-order valence-electron chi connectivity index (χ3n) is 2.29. The van der Waals surface area contributed by atoms with Crippen molar-refractivity contribution in [2.75, 3.05) is 7.11 Å². The normalized spacial score (nSPS) is 12.5. The van der Waals surface area contributed by atoms with Gasteiger partial charge in [-0.25, -0.2) is 0 Å². The van der Waals surface area contributed by atoms with Crippen LogP contribution in [0.15, 0.2) is 16.6 Å². The third-order valence-corrected chi connectivity index (χ3v) is 2.75. The highest BCUT2D eigenvalue weighted by Crippen LogP contribution is 2.37. The molecular formula is C11H16BrNO2. The van der Waals surface area contributed by atoms with Crippen LogP contribution in [0.5, 0.6) is 11.5 Å². The molecule has 0 aliphatic heterocycles. The van der Waals surface area contributed by atoms with Gasteiger partial charge in [-0.3, -0.25) is 0 Å². The van der Waals surface area contributed by atoms with Crippen molar-refractivity contribution in [2.45, 2.75) is 25.8 Å². The lowest BCUT2D eigenvalue weighted by atomic mass is 10.0. The van der Waals surface area contributed by atoms with Crippen molar-refractivity contribution < 1.29 is 9.84 Å². The van der Waals surface area contributed by atoms with E-state index in [2.05, 4.69) is 22.9 Å². The molecule has 1 rings (SSSR count). The van der Waals surface area contributed by atoms with Crippen molar-refractivity contribution in [1.82, 2.24) is 0 Å². The summed E-state index contributed by atoms with van der Waals surface area (Å²) in [5.41, 5.74) is 6.69. The predicted molar refractivity (Wildman–Crippen MR) is 64.2 cm³/mol. The molecule has 1 aromatic rings. The summed E-state index contributed by atoms with van der Waals surface area (Å²) in [6.07, 6.45) is 1.82. The van der Waals surface area contributed by atoms with E-state index >= 15 is 0 Å². The Morgan fingerprint density at radius 1 is 1.53 bits per heavy atom. The van der Waals surface area contributed by atoms with E-state index in [0.29, 0.717) is 5.75 Å². The molecule has 0 fully saturated rings. The Labute approximate surface area is 98.4 Å². The molecule has 0 radical (unpaired) electrons. The summed E-state index contributed by atoms with van der Waals surface area (Å²) >= 11 is 3.36. The third kappa shape index (κ3) is 2.86. The van der Waals surface area contributed by atoms with Crippen molar-refractivity contribution >= 4 is 15.9 Å². The second-order valence-corrected chi connectivity index (χ2v) is 4.36. The van der Waals surface area contributed by atoms with E-state index in [4.69, 9.17) is 10.5 Å². The molecule has 1 unspecified atom stereocenters. The summed E-state index contributed by atoms with van der Waals surface area (Å²) in [7, 11) is 1.52. The Hall–Kier alpha value is -0.740. The van der Waals surface area contributed by atoms with Crippen LogP contribution in [0.4, 0.5) is 0 Å². The molecule has 0 aliphatic rings. The van der Waals surface area contributed by atoms with Crippen LogP contribution < -0.4 is 10.5 Å². The van der Waals surface area contributed by atoms with E-state index in [1.165, 1.54) is 7.11 Å². The number of rotatable bonds is 4. The summed E-state index contributed by atoms with van der Waals surface area (Å²) in [5.74, 6) is 0.590. The largest absolute Gasteiger partial charge is 0.504 e. The average Bonchev–Trinajstić information content (AvgIpc) is 2.21. The highest BCUT2D eigenvalue weighted by atomic mass is 79.9. The number of phenols is 1. The minimum absolute atomic E-state index is 0.140. The van der Waals surface area contributed by atoms with Gasteiger partial charge < -0.3 is 15.6 Å². The van der Waals surface area contributed by atoms with E-state index in [-0.39, 0.29) is 11.8 Å². The summed E-state index contributed by atoms with van der Waals surface area (Å²) in [6, 6.07) is 3.40. The molecule has 1 atom stereocenters. The number of halogens is 1. The Morgan fingerprint density at radius 3 is 2.73 bits per heavy atom. The predicted octanol–water partition coefficient (Wildman–Crippen LogP) is 2.96. The first kappa shape index (κ1) is 12.3. The maximum absolute atomic E-state index is 9.88. The first-order valence-corrected chi connectivity index (χ1v) is 5.71. The molecular weight excluding hydrogens is 258 g/mol. The van der Waals surface area contributed by atoms with Crippen molar-refractivity contribution in [3.8, 4) is 11.5 Å². The second kappa shape index (κ2) is 5.37. The van der Waals surface area contributed by atoms with Gasteiger partial charge in [-0.1, -0.05) is 29.3 Å². The van der Waals surface area contributed by atoms with Gasteiger partial charge in [-0.15, -0.1) is 0 Å². The van der Waals surface area contributed by atoms with Gasteiger partial charge in [0.05, 0.1) is 7.11 Å². The molecule has 84 valence electrons. The summed E-state index contributed by atoms with van der Waals surface area (Å²) in [4.78, 5) is 0. The van der Waals surface area contributed by atoms with Gasteiger partial charge in [0.25, 0.3) is 0 Å². The van der Waals surface area contributed by atoms with Gasteiger partial charge in [0.2, 0.25) is 0 Å². The van der Waals surface area contributed by atoms with Crippen LogP contribution in [0.3, 0.4) is 0 Å². The highest BCUT2D eigenvalue weighted by molar-refractivity contribution is 9.10. The molecule has 3 N–H and O–H groups in total. The lowest BCUT2D eigenvalue weighted by molar-refractivity contribution is 0.367. The van der Waals surface area contributed by atoms with Crippen molar-refractivity contribution in [1.29, 1.82) is 0 Å². The maximum atomic E-state index is 9.88. The maximum Gasteiger partial charge on any atom is 0.162 e. The van der Waals surface area contributed by atoms with Crippen LogP contribution in [0.25, 0.3) is 0 Å². The number of nitrogens with two attached hydrogens (primary N) is 1. The molecule has 0 heterocycles. The molecule has 0 amide bonds. The molecule has 0 aromatic heterocycles. The van der Waals surface area contributed by atoms with Gasteiger partial charge in [0.15, 0.2) is 11.5 Å². The number of ether oxygens (including phenoxy) is 1. The van der Waals surface area contributed by atoms with Gasteiger partial charge >= 0.3 is 0 Å². The molecule has 0 saturated heterocycles. The lowest BCUT2D eigenvalue weighted by Crippen LogP contribution is -2.10. The average molecular weight is 274 g/mol. The van der Waals surface area contributed by atoms with Crippen LogP contribution in [-0.4, -0.2) is 12.2 Å². The number of benzene rings is 1. The van der Waals surface area contributed by atoms with Crippen LogP contribution >= 0.6 is 15.9 Å². The highest BCUT2D eigenvalue weighted by Gasteiger charge is 2.15. The fourth-order valence-corrected chi connectivity index (χ4v) is 1.95.